The second-order valence-corrected chi connectivity index (χ2v) is 5.47. The van der Waals surface area contributed by atoms with Gasteiger partial charge in [-0.05, 0) is 29.8 Å². The Hall–Kier alpha value is -3.86. The Labute approximate surface area is 146 Å². The van der Waals surface area contributed by atoms with Crippen molar-refractivity contribution in [2.45, 2.75) is 6.42 Å². The molecule has 0 aliphatic heterocycles. The Balaban J connectivity index is 1.75. The van der Waals surface area contributed by atoms with Gasteiger partial charge in [0.15, 0.2) is 17.1 Å². The van der Waals surface area contributed by atoms with Crippen LogP contribution in [0.1, 0.15) is 17.1 Å². The second kappa shape index (κ2) is 6.22. The lowest BCUT2D eigenvalue weighted by Gasteiger charge is -2.04. The zero-order chi connectivity index (χ0) is 18.1. The summed E-state index contributed by atoms with van der Waals surface area (Å²) in [6, 6.07) is 11.2. The summed E-state index contributed by atoms with van der Waals surface area (Å²) in [5.74, 6) is -0.325. The SMILES string of the molecule is N#Cc1nc(-c2nnc(Cc3ccc(F)cc3)o2)c(O)c2ncccc12. The highest BCUT2D eigenvalue weighted by Crippen LogP contribution is 2.33. The number of pyridine rings is 2. The van der Waals surface area contributed by atoms with Crippen LogP contribution in [0.5, 0.6) is 5.75 Å². The van der Waals surface area contributed by atoms with Gasteiger partial charge in [-0.15, -0.1) is 10.2 Å². The Bertz CT molecular complexity index is 1150. The minimum Gasteiger partial charge on any atom is -0.504 e. The van der Waals surface area contributed by atoms with Crippen LogP contribution in [0.25, 0.3) is 22.5 Å². The fourth-order valence-corrected chi connectivity index (χ4v) is 2.55. The molecule has 0 saturated carbocycles. The van der Waals surface area contributed by atoms with Crippen molar-refractivity contribution in [2.24, 2.45) is 0 Å². The molecule has 0 aliphatic carbocycles. The number of nitriles is 1. The zero-order valence-electron chi connectivity index (χ0n) is 13.2. The van der Waals surface area contributed by atoms with E-state index in [1.54, 1.807) is 24.3 Å². The third-order valence-corrected chi connectivity index (χ3v) is 3.78. The van der Waals surface area contributed by atoms with E-state index in [0.717, 1.165) is 5.56 Å². The number of aromatic nitrogens is 4. The Morgan fingerprint density at radius 2 is 1.96 bits per heavy atom. The summed E-state index contributed by atoms with van der Waals surface area (Å²) in [5, 5.41) is 28.0. The molecule has 8 heteroatoms. The molecule has 7 nitrogen and oxygen atoms in total. The van der Waals surface area contributed by atoms with E-state index in [1.807, 2.05) is 6.07 Å². The summed E-state index contributed by atoms with van der Waals surface area (Å²) < 4.78 is 18.5. The van der Waals surface area contributed by atoms with Crippen molar-refractivity contribution in [3.63, 3.8) is 0 Å². The highest BCUT2D eigenvalue weighted by atomic mass is 19.1. The number of rotatable bonds is 3. The van der Waals surface area contributed by atoms with Crippen molar-refractivity contribution < 1.29 is 13.9 Å². The van der Waals surface area contributed by atoms with Crippen LogP contribution in [0.15, 0.2) is 47.0 Å². The van der Waals surface area contributed by atoms with Crippen LogP contribution in [0.3, 0.4) is 0 Å². The van der Waals surface area contributed by atoms with Gasteiger partial charge in [0.2, 0.25) is 5.89 Å². The molecule has 0 amide bonds. The van der Waals surface area contributed by atoms with E-state index in [2.05, 4.69) is 20.2 Å². The highest BCUT2D eigenvalue weighted by Gasteiger charge is 2.20. The maximum absolute atomic E-state index is 13.0. The van der Waals surface area contributed by atoms with Crippen molar-refractivity contribution in [3.05, 3.63) is 65.6 Å². The molecule has 1 aromatic carbocycles. The molecule has 3 aromatic heterocycles. The molecule has 26 heavy (non-hydrogen) atoms. The van der Waals surface area contributed by atoms with Gasteiger partial charge >= 0.3 is 0 Å². The summed E-state index contributed by atoms with van der Waals surface area (Å²) in [5.41, 5.74) is 1.11. The minimum atomic E-state index is -0.332. The third kappa shape index (κ3) is 2.71. The maximum atomic E-state index is 13.0. The van der Waals surface area contributed by atoms with E-state index < -0.39 is 0 Å². The predicted molar refractivity (Wildman–Crippen MR) is 88.4 cm³/mol. The van der Waals surface area contributed by atoms with Crippen LogP contribution >= 0.6 is 0 Å². The average molecular weight is 347 g/mol. The molecular formula is C18H10FN5O2. The first-order chi connectivity index (χ1) is 12.7. The average Bonchev–Trinajstić information content (AvgIpc) is 3.12. The molecule has 0 fully saturated rings. The number of benzene rings is 1. The summed E-state index contributed by atoms with van der Waals surface area (Å²) in [6.07, 6.45) is 1.80. The molecule has 1 N–H and O–H groups in total. The monoisotopic (exact) mass is 347 g/mol. The van der Waals surface area contributed by atoms with Crippen LogP contribution in [0.4, 0.5) is 4.39 Å². The van der Waals surface area contributed by atoms with Crippen LogP contribution < -0.4 is 0 Å². The van der Waals surface area contributed by atoms with Gasteiger partial charge in [0, 0.05) is 11.6 Å². The lowest BCUT2D eigenvalue weighted by Crippen LogP contribution is -1.93. The molecule has 0 unspecified atom stereocenters. The van der Waals surface area contributed by atoms with Gasteiger partial charge in [0.1, 0.15) is 17.4 Å². The molecular weight excluding hydrogens is 337 g/mol. The number of nitrogens with zero attached hydrogens (tertiary/aromatic N) is 5. The Kier molecular flexibility index (Phi) is 3.74. The first kappa shape index (κ1) is 15.7. The lowest BCUT2D eigenvalue weighted by molar-refractivity contribution is 0.471. The number of fused-ring (bicyclic) bond motifs is 1. The summed E-state index contributed by atoms with van der Waals surface area (Å²) in [6.45, 7) is 0. The van der Waals surface area contributed by atoms with E-state index >= 15 is 0 Å². The van der Waals surface area contributed by atoms with Crippen molar-refractivity contribution in [2.75, 3.05) is 0 Å². The van der Waals surface area contributed by atoms with Gasteiger partial charge in [0.05, 0.1) is 6.42 Å². The van der Waals surface area contributed by atoms with Crippen LogP contribution in [0, 0.1) is 17.1 Å². The Morgan fingerprint density at radius 3 is 2.73 bits per heavy atom. The fourth-order valence-electron chi connectivity index (χ4n) is 2.55. The third-order valence-electron chi connectivity index (χ3n) is 3.78. The molecule has 0 radical (unpaired) electrons. The van der Waals surface area contributed by atoms with Crippen LogP contribution in [-0.2, 0) is 6.42 Å². The summed E-state index contributed by atoms with van der Waals surface area (Å²) in [4.78, 5) is 8.22. The van der Waals surface area contributed by atoms with Gasteiger partial charge in [-0.2, -0.15) is 5.26 Å². The van der Waals surface area contributed by atoms with E-state index in [4.69, 9.17) is 4.42 Å². The largest absolute Gasteiger partial charge is 0.504 e. The molecule has 0 spiro atoms. The van der Waals surface area contributed by atoms with Gasteiger partial charge in [-0.25, -0.2) is 9.37 Å². The van der Waals surface area contributed by atoms with Gasteiger partial charge < -0.3 is 9.52 Å². The predicted octanol–water partition coefficient (Wildman–Crippen LogP) is 2.99. The van der Waals surface area contributed by atoms with Crippen molar-refractivity contribution in [1.82, 2.24) is 20.2 Å². The van der Waals surface area contributed by atoms with Crippen molar-refractivity contribution in [3.8, 4) is 23.4 Å². The molecule has 0 atom stereocenters. The smallest absolute Gasteiger partial charge is 0.270 e. The summed E-state index contributed by atoms with van der Waals surface area (Å²) >= 11 is 0. The molecule has 0 aliphatic rings. The molecule has 4 aromatic rings. The van der Waals surface area contributed by atoms with E-state index in [-0.39, 0.29) is 40.3 Å². The van der Waals surface area contributed by atoms with Crippen molar-refractivity contribution in [1.29, 1.82) is 5.26 Å². The number of aromatic hydroxyl groups is 1. The maximum Gasteiger partial charge on any atom is 0.270 e. The molecule has 0 bridgehead atoms. The van der Waals surface area contributed by atoms with Crippen LogP contribution in [-0.4, -0.2) is 25.3 Å². The van der Waals surface area contributed by atoms with Gasteiger partial charge in [-0.3, -0.25) is 4.98 Å². The highest BCUT2D eigenvalue weighted by molar-refractivity contribution is 5.91. The standard InChI is InChI=1S/C18H10FN5O2/c19-11-5-3-10(4-6-11)8-14-23-24-18(26-14)16-17(25)15-12(2-1-7-21-15)13(9-20)22-16/h1-7,25H,8H2. The Morgan fingerprint density at radius 1 is 1.15 bits per heavy atom. The summed E-state index contributed by atoms with van der Waals surface area (Å²) in [7, 11) is 0. The minimum absolute atomic E-state index is 0.00870. The first-order valence-electron chi connectivity index (χ1n) is 7.60. The molecule has 4 rings (SSSR count). The lowest BCUT2D eigenvalue weighted by atomic mass is 10.1. The quantitative estimate of drug-likeness (QED) is 0.607. The van der Waals surface area contributed by atoms with Gasteiger partial charge in [0.25, 0.3) is 5.89 Å². The molecule has 0 saturated heterocycles. The number of hydrogen-bond donors (Lipinski definition) is 1. The van der Waals surface area contributed by atoms with E-state index in [9.17, 15) is 14.8 Å². The molecule has 126 valence electrons. The normalized spacial score (nSPS) is 10.8. The second-order valence-electron chi connectivity index (χ2n) is 5.47. The fraction of sp³-hybridized carbons (Fsp3) is 0.0556. The topological polar surface area (TPSA) is 109 Å². The van der Waals surface area contributed by atoms with Gasteiger partial charge in [-0.1, -0.05) is 12.1 Å². The zero-order valence-corrected chi connectivity index (χ0v) is 13.2. The van der Waals surface area contributed by atoms with E-state index in [1.165, 1.54) is 18.3 Å². The number of halogens is 1. The van der Waals surface area contributed by atoms with Crippen LogP contribution in [0.2, 0.25) is 0 Å². The van der Waals surface area contributed by atoms with Crippen molar-refractivity contribution >= 4 is 10.9 Å². The first-order valence-corrected chi connectivity index (χ1v) is 7.60. The number of hydrogen-bond acceptors (Lipinski definition) is 7. The van der Waals surface area contributed by atoms with E-state index in [0.29, 0.717) is 11.8 Å². The molecule has 3 heterocycles.